The molecule has 1 aromatic rings. The monoisotopic (exact) mass is 256 g/mol. The zero-order valence-corrected chi connectivity index (χ0v) is 10.8. The van der Waals surface area contributed by atoms with E-state index in [1.54, 1.807) is 0 Å². The first kappa shape index (κ1) is 13.8. The minimum absolute atomic E-state index is 0.0295. The number of methoxy groups -OCH3 is 1. The van der Waals surface area contributed by atoms with Crippen molar-refractivity contribution < 1.29 is 9.53 Å². The summed E-state index contributed by atoms with van der Waals surface area (Å²) >= 11 is 1.49. The number of H-pyrrole nitrogens is 1. The number of nitrogens with zero attached hydrogens (tertiary/aromatic N) is 1. The van der Waals surface area contributed by atoms with Gasteiger partial charge in [0.15, 0.2) is 5.16 Å². The number of hydrogen-bond acceptors (Lipinski definition) is 5. The van der Waals surface area contributed by atoms with E-state index in [1.165, 1.54) is 24.9 Å². The number of aromatic amines is 1. The molecule has 0 fully saturated rings. The van der Waals surface area contributed by atoms with Gasteiger partial charge in [0.25, 0.3) is 5.56 Å². The summed E-state index contributed by atoms with van der Waals surface area (Å²) < 4.78 is 4.53. The van der Waals surface area contributed by atoms with Gasteiger partial charge in [-0.05, 0) is 6.42 Å². The third-order valence-electron chi connectivity index (χ3n) is 2.06. The molecule has 0 aliphatic carbocycles. The molecular weight excluding hydrogens is 240 g/mol. The highest BCUT2D eigenvalue weighted by Gasteiger charge is 2.07. The topological polar surface area (TPSA) is 72.0 Å². The van der Waals surface area contributed by atoms with Crippen LogP contribution in [0.4, 0.5) is 0 Å². The molecule has 0 saturated carbocycles. The maximum Gasteiger partial charge on any atom is 0.311 e. The van der Waals surface area contributed by atoms with Crippen LogP contribution in [-0.4, -0.2) is 28.8 Å². The summed E-state index contributed by atoms with van der Waals surface area (Å²) in [5.74, 6) is 0.508. The minimum atomic E-state index is -0.396. The Hall–Kier alpha value is -1.30. The lowest BCUT2D eigenvalue weighted by molar-refractivity contribution is -0.139. The van der Waals surface area contributed by atoms with E-state index in [4.69, 9.17) is 0 Å². The lowest BCUT2D eigenvalue weighted by Crippen LogP contribution is -2.14. The molecule has 6 heteroatoms. The van der Waals surface area contributed by atoms with Gasteiger partial charge >= 0.3 is 5.97 Å². The standard InChI is InChI=1S/C11H16N2O3S/c1-3-4-5-17-11-12-8(6-9(14)13-11)7-10(15)16-2/h6H,3-5,7H2,1-2H3,(H,12,13,14). The third-order valence-corrected chi connectivity index (χ3v) is 3.02. The van der Waals surface area contributed by atoms with E-state index in [0.717, 1.165) is 18.6 Å². The number of thioether (sulfide) groups is 1. The van der Waals surface area contributed by atoms with Crippen molar-refractivity contribution in [1.29, 1.82) is 0 Å². The van der Waals surface area contributed by atoms with Crippen molar-refractivity contribution in [3.8, 4) is 0 Å². The predicted molar refractivity (Wildman–Crippen MR) is 66.2 cm³/mol. The molecule has 1 rings (SSSR count). The van der Waals surface area contributed by atoms with E-state index in [1.807, 2.05) is 0 Å². The third kappa shape index (κ3) is 5.04. The van der Waals surface area contributed by atoms with Gasteiger partial charge in [-0.25, -0.2) is 4.98 Å². The zero-order valence-electron chi connectivity index (χ0n) is 9.99. The molecule has 0 atom stereocenters. The Balaban J connectivity index is 2.72. The maximum absolute atomic E-state index is 11.4. The molecule has 1 N–H and O–H groups in total. The van der Waals surface area contributed by atoms with Crippen LogP contribution in [0.1, 0.15) is 25.5 Å². The van der Waals surface area contributed by atoms with Gasteiger partial charge in [-0.2, -0.15) is 0 Å². The number of carbonyl (C=O) groups is 1. The van der Waals surface area contributed by atoms with Crippen LogP contribution < -0.4 is 5.56 Å². The molecule has 0 aliphatic rings. The summed E-state index contributed by atoms with van der Waals surface area (Å²) in [5, 5.41) is 0.560. The van der Waals surface area contributed by atoms with Gasteiger partial charge in [0.2, 0.25) is 0 Å². The average molecular weight is 256 g/mol. The normalized spacial score (nSPS) is 10.2. The fourth-order valence-corrected chi connectivity index (χ4v) is 2.16. The summed E-state index contributed by atoms with van der Waals surface area (Å²) in [5.41, 5.74) is 0.206. The molecule has 0 aromatic carbocycles. The maximum atomic E-state index is 11.4. The predicted octanol–water partition coefficient (Wildman–Crippen LogP) is 1.38. The molecule has 0 unspecified atom stereocenters. The largest absolute Gasteiger partial charge is 0.469 e. The van der Waals surface area contributed by atoms with Gasteiger partial charge in [-0.15, -0.1) is 0 Å². The number of ether oxygens (including phenoxy) is 1. The number of unbranched alkanes of at least 4 members (excludes halogenated alkanes) is 1. The van der Waals surface area contributed by atoms with Crippen LogP contribution >= 0.6 is 11.8 Å². The highest BCUT2D eigenvalue weighted by Crippen LogP contribution is 2.13. The zero-order chi connectivity index (χ0) is 12.7. The van der Waals surface area contributed by atoms with Crippen molar-refractivity contribution in [2.75, 3.05) is 12.9 Å². The van der Waals surface area contributed by atoms with Crippen LogP contribution in [0, 0.1) is 0 Å². The van der Waals surface area contributed by atoms with Crippen LogP contribution in [0.5, 0.6) is 0 Å². The van der Waals surface area contributed by atoms with Crippen molar-refractivity contribution in [2.24, 2.45) is 0 Å². The number of nitrogens with one attached hydrogen (secondary N) is 1. The molecule has 0 saturated heterocycles. The van der Waals surface area contributed by atoms with E-state index in [9.17, 15) is 9.59 Å². The lowest BCUT2D eigenvalue weighted by Gasteiger charge is -2.02. The molecule has 0 amide bonds. The highest BCUT2D eigenvalue weighted by molar-refractivity contribution is 7.99. The molecule has 94 valence electrons. The minimum Gasteiger partial charge on any atom is -0.469 e. The van der Waals surface area contributed by atoms with Gasteiger partial charge in [0.1, 0.15) is 0 Å². The Morgan fingerprint density at radius 3 is 3.00 bits per heavy atom. The molecule has 0 bridgehead atoms. The SMILES string of the molecule is CCCCSc1nc(CC(=O)OC)cc(=O)[nH]1. The lowest BCUT2D eigenvalue weighted by atomic mass is 10.3. The molecule has 5 nitrogen and oxygen atoms in total. The van der Waals surface area contributed by atoms with Crippen LogP contribution in [0.15, 0.2) is 16.0 Å². The quantitative estimate of drug-likeness (QED) is 0.360. The molecule has 0 radical (unpaired) electrons. The first-order valence-electron chi connectivity index (χ1n) is 5.45. The van der Waals surface area contributed by atoms with Crippen molar-refractivity contribution in [3.05, 3.63) is 22.1 Å². The first-order chi connectivity index (χ1) is 8.15. The summed E-state index contributed by atoms with van der Waals surface area (Å²) in [7, 11) is 1.31. The Labute approximate surface area is 104 Å². The van der Waals surface area contributed by atoms with Crippen molar-refractivity contribution >= 4 is 17.7 Å². The Bertz CT molecular complexity index is 431. The number of rotatable bonds is 6. The smallest absolute Gasteiger partial charge is 0.311 e. The summed E-state index contributed by atoms with van der Waals surface area (Å²) in [6, 6.07) is 1.32. The van der Waals surface area contributed by atoms with Crippen LogP contribution in [0.25, 0.3) is 0 Å². The second-order valence-corrected chi connectivity index (χ2v) is 4.58. The number of carbonyl (C=O) groups excluding carboxylic acids is 1. The van der Waals surface area contributed by atoms with E-state index in [-0.39, 0.29) is 12.0 Å². The van der Waals surface area contributed by atoms with Crippen molar-refractivity contribution in [2.45, 2.75) is 31.3 Å². The number of esters is 1. The highest BCUT2D eigenvalue weighted by atomic mass is 32.2. The molecule has 0 aliphatic heterocycles. The van der Waals surface area contributed by atoms with Gasteiger partial charge < -0.3 is 9.72 Å². The Morgan fingerprint density at radius 2 is 2.35 bits per heavy atom. The summed E-state index contributed by atoms with van der Waals surface area (Å²) in [4.78, 5) is 29.3. The number of hydrogen-bond donors (Lipinski definition) is 1. The Morgan fingerprint density at radius 1 is 1.59 bits per heavy atom. The van der Waals surface area contributed by atoms with Crippen LogP contribution in [0.3, 0.4) is 0 Å². The molecule has 0 spiro atoms. The molecule has 17 heavy (non-hydrogen) atoms. The summed E-state index contributed by atoms with van der Waals surface area (Å²) in [6.07, 6.45) is 2.19. The second-order valence-electron chi connectivity index (χ2n) is 3.50. The Kier molecular flexibility index (Phi) is 5.76. The molecule has 1 aromatic heterocycles. The van der Waals surface area contributed by atoms with Crippen LogP contribution in [0.2, 0.25) is 0 Å². The van der Waals surface area contributed by atoms with Crippen molar-refractivity contribution in [3.63, 3.8) is 0 Å². The fraction of sp³-hybridized carbons (Fsp3) is 0.545. The van der Waals surface area contributed by atoms with Gasteiger partial charge in [-0.3, -0.25) is 9.59 Å². The van der Waals surface area contributed by atoms with Gasteiger partial charge in [0.05, 0.1) is 19.2 Å². The van der Waals surface area contributed by atoms with Crippen molar-refractivity contribution in [1.82, 2.24) is 9.97 Å². The fourth-order valence-electron chi connectivity index (χ4n) is 1.18. The van der Waals surface area contributed by atoms with Crippen LogP contribution in [-0.2, 0) is 16.0 Å². The van der Waals surface area contributed by atoms with E-state index in [0.29, 0.717) is 10.9 Å². The summed E-state index contributed by atoms with van der Waals surface area (Å²) in [6.45, 7) is 2.10. The van der Waals surface area contributed by atoms with Gasteiger partial charge in [0, 0.05) is 11.8 Å². The van der Waals surface area contributed by atoms with E-state index in [2.05, 4.69) is 21.6 Å². The first-order valence-corrected chi connectivity index (χ1v) is 6.44. The van der Waals surface area contributed by atoms with Gasteiger partial charge in [-0.1, -0.05) is 25.1 Å². The number of aromatic nitrogens is 2. The van der Waals surface area contributed by atoms with E-state index >= 15 is 0 Å². The van der Waals surface area contributed by atoms with E-state index < -0.39 is 5.97 Å². The molecule has 1 heterocycles. The molecular formula is C11H16N2O3S. The second kappa shape index (κ2) is 7.11. The average Bonchev–Trinajstić information content (AvgIpc) is 2.28.